The first-order valence-electron chi connectivity index (χ1n) is 6.49. The van der Waals surface area contributed by atoms with Gasteiger partial charge in [-0.25, -0.2) is 5.90 Å². The molecule has 0 radical (unpaired) electrons. The van der Waals surface area contributed by atoms with E-state index in [4.69, 9.17) is 15.5 Å². The van der Waals surface area contributed by atoms with Gasteiger partial charge in [0.05, 0.1) is 19.6 Å². The molecule has 1 unspecified atom stereocenters. The molecule has 1 saturated heterocycles. The largest absolute Gasteiger partial charge is 0.497 e. The number of piperidine rings is 1. The third-order valence-electron chi connectivity index (χ3n) is 3.44. The Hall–Kier alpha value is -1.59. The molecule has 2 rings (SSSR count). The van der Waals surface area contributed by atoms with Gasteiger partial charge in [-0.3, -0.25) is 9.63 Å². The fourth-order valence-electron chi connectivity index (χ4n) is 2.31. The Morgan fingerprint density at radius 3 is 2.79 bits per heavy atom. The van der Waals surface area contributed by atoms with Crippen LogP contribution in [-0.2, 0) is 16.1 Å². The second kappa shape index (κ2) is 6.54. The summed E-state index contributed by atoms with van der Waals surface area (Å²) in [6.45, 7) is 1.38. The quantitative estimate of drug-likeness (QED) is 0.828. The first-order valence-corrected chi connectivity index (χ1v) is 6.49. The molecule has 0 saturated carbocycles. The van der Waals surface area contributed by atoms with Gasteiger partial charge in [-0.15, -0.1) is 0 Å². The number of rotatable bonds is 4. The van der Waals surface area contributed by atoms with Crippen LogP contribution in [0.25, 0.3) is 0 Å². The lowest BCUT2D eigenvalue weighted by atomic mass is 10.1. The van der Waals surface area contributed by atoms with Crippen LogP contribution in [0.2, 0.25) is 0 Å². The predicted molar refractivity (Wildman–Crippen MR) is 71.6 cm³/mol. The van der Waals surface area contributed by atoms with Crippen molar-refractivity contribution in [1.29, 1.82) is 0 Å². The number of benzene rings is 1. The molecule has 5 nitrogen and oxygen atoms in total. The van der Waals surface area contributed by atoms with Crippen LogP contribution >= 0.6 is 0 Å². The SMILES string of the molecule is COc1ccc(CC(=O)N2CCCC(ON)C2)cc1. The second-order valence-corrected chi connectivity index (χ2v) is 4.76. The van der Waals surface area contributed by atoms with Crippen LogP contribution in [0.4, 0.5) is 0 Å². The molecule has 1 amide bonds. The minimum Gasteiger partial charge on any atom is -0.497 e. The third kappa shape index (κ3) is 3.68. The molecule has 1 aromatic rings. The van der Waals surface area contributed by atoms with Crippen molar-refractivity contribution in [2.24, 2.45) is 5.90 Å². The van der Waals surface area contributed by atoms with Crippen molar-refractivity contribution in [3.8, 4) is 5.75 Å². The summed E-state index contributed by atoms with van der Waals surface area (Å²) in [6.07, 6.45) is 2.23. The highest BCUT2D eigenvalue weighted by Gasteiger charge is 2.23. The molecule has 1 heterocycles. The van der Waals surface area contributed by atoms with Crippen LogP contribution in [0.15, 0.2) is 24.3 Å². The first kappa shape index (κ1) is 13.8. The Morgan fingerprint density at radius 1 is 1.42 bits per heavy atom. The molecule has 5 heteroatoms. The molecule has 2 N–H and O–H groups in total. The van der Waals surface area contributed by atoms with Crippen LogP contribution in [0.5, 0.6) is 5.75 Å². The number of nitrogens with zero attached hydrogens (tertiary/aromatic N) is 1. The van der Waals surface area contributed by atoms with Gasteiger partial charge in [-0.05, 0) is 30.5 Å². The fraction of sp³-hybridized carbons (Fsp3) is 0.500. The van der Waals surface area contributed by atoms with Gasteiger partial charge in [0, 0.05) is 13.1 Å². The Morgan fingerprint density at radius 2 is 2.16 bits per heavy atom. The summed E-state index contributed by atoms with van der Waals surface area (Å²) in [5, 5.41) is 0. The van der Waals surface area contributed by atoms with E-state index in [0.717, 1.165) is 30.7 Å². The van der Waals surface area contributed by atoms with Gasteiger partial charge in [0.1, 0.15) is 5.75 Å². The van der Waals surface area contributed by atoms with E-state index in [1.54, 1.807) is 7.11 Å². The maximum Gasteiger partial charge on any atom is 0.227 e. The fourth-order valence-corrected chi connectivity index (χ4v) is 2.31. The highest BCUT2D eigenvalue weighted by molar-refractivity contribution is 5.79. The molecule has 1 aromatic carbocycles. The Balaban J connectivity index is 1.92. The number of amides is 1. The van der Waals surface area contributed by atoms with Crippen LogP contribution in [0.3, 0.4) is 0 Å². The number of hydrogen-bond acceptors (Lipinski definition) is 4. The van der Waals surface area contributed by atoms with E-state index in [-0.39, 0.29) is 12.0 Å². The van der Waals surface area contributed by atoms with Gasteiger partial charge in [0.25, 0.3) is 0 Å². The molecule has 0 aromatic heterocycles. The smallest absolute Gasteiger partial charge is 0.227 e. The molecule has 104 valence electrons. The normalized spacial score (nSPS) is 19.3. The van der Waals surface area contributed by atoms with Crippen LogP contribution < -0.4 is 10.6 Å². The molecule has 0 aliphatic carbocycles. The predicted octanol–water partition coefficient (Wildman–Crippen LogP) is 1.12. The number of ether oxygens (including phenoxy) is 1. The lowest BCUT2D eigenvalue weighted by molar-refractivity contribution is -0.134. The average molecular weight is 264 g/mol. The van der Waals surface area contributed by atoms with E-state index < -0.39 is 0 Å². The van der Waals surface area contributed by atoms with Gasteiger partial charge >= 0.3 is 0 Å². The van der Waals surface area contributed by atoms with Crippen LogP contribution in [0.1, 0.15) is 18.4 Å². The first-order chi connectivity index (χ1) is 9.22. The van der Waals surface area contributed by atoms with Crippen molar-refractivity contribution in [3.05, 3.63) is 29.8 Å². The zero-order chi connectivity index (χ0) is 13.7. The summed E-state index contributed by atoms with van der Waals surface area (Å²) < 4.78 is 5.09. The van der Waals surface area contributed by atoms with Crippen LogP contribution in [0, 0.1) is 0 Å². The third-order valence-corrected chi connectivity index (χ3v) is 3.44. The van der Waals surface area contributed by atoms with Gasteiger partial charge in [0.15, 0.2) is 0 Å². The number of hydrogen-bond donors (Lipinski definition) is 1. The van der Waals surface area contributed by atoms with E-state index >= 15 is 0 Å². The highest BCUT2D eigenvalue weighted by Crippen LogP contribution is 2.15. The molecule has 1 fully saturated rings. The van der Waals surface area contributed by atoms with Crippen molar-refractivity contribution in [3.63, 3.8) is 0 Å². The number of carbonyl (C=O) groups is 1. The molecule has 1 aliphatic heterocycles. The molecule has 1 aliphatic rings. The molecule has 0 bridgehead atoms. The van der Waals surface area contributed by atoms with Crippen molar-refractivity contribution < 1.29 is 14.4 Å². The molecule has 1 atom stereocenters. The summed E-state index contributed by atoms with van der Waals surface area (Å²) in [5.74, 6) is 6.11. The monoisotopic (exact) mass is 264 g/mol. The second-order valence-electron chi connectivity index (χ2n) is 4.76. The highest BCUT2D eigenvalue weighted by atomic mass is 16.6. The van der Waals surface area contributed by atoms with Gasteiger partial charge in [-0.1, -0.05) is 12.1 Å². The van der Waals surface area contributed by atoms with Gasteiger partial charge in [0.2, 0.25) is 5.91 Å². The van der Waals surface area contributed by atoms with E-state index in [1.807, 2.05) is 29.2 Å². The summed E-state index contributed by atoms with van der Waals surface area (Å²) in [6, 6.07) is 7.56. The van der Waals surface area contributed by atoms with Crippen molar-refractivity contribution in [2.45, 2.75) is 25.4 Å². The van der Waals surface area contributed by atoms with E-state index in [2.05, 4.69) is 0 Å². The number of methoxy groups -OCH3 is 1. The minimum absolute atomic E-state index is 0.0337. The van der Waals surface area contributed by atoms with Gasteiger partial charge < -0.3 is 9.64 Å². The Labute approximate surface area is 113 Å². The summed E-state index contributed by atoms with van der Waals surface area (Å²) in [5.41, 5.74) is 0.988. The average Bonchev–Trinajstić information content (AvgIpc) is 2.48. The van der Waals surface area contributed by atoms with Crippen molar-refractivity contribution in [2.75, 3.05) is 20.2 Å². The summed E-state index contributed by atoms with van der Waals surface area (Å²) >= 11 is 0. The molecule has 19 heavy (non-hydrogen) atoms. The minimum atomic E-state index is -0.0337. The Bertz CT molecular complexity index is 419. The van der Waals surface area contributed by atoms with Gasteiger partial charge in [-0.2, -0.15) is 0 Å². The summed E-state index contributed by atoms with van der Waals surface area (Å²) in [7, 11) is 1.63. The van der Waals surface area contributed by atoms with Crippen molar-refractivity contribution >= 4 is 5.91 Å². The molecular formula is C14H20N2O3. The maximum atomic E-state index is 12.2. The standard InChI is InChI=1S/C14H20N2O3/c1-18-12-6-4-11(5-7-12)9-14(17)16-8-2-3-13(10-16)19-15/h4-7,13H,2-3,8-10,15H2,1H3. The number of carbonyl (C=O) groups excluding carboxylic acids is 1. The lowest BCUT2D eigenvalue weighted by Gasteiger charge is -2.31. The maximum absolute atomic E-state index is 12.2. The number of likely N-dealkylation sites (tertiary alicyclic amines) is 1. The van der Waals surface area contributed by atoms with Crippen LogP contribution in [-0.4, -0.2) is 37.1 Å². The zero-order valence-electron chi connectivity index (χ0n) is 11.2. The molecular weight excluding hydrogens is 244 g/mol. The van der Waals surface area contributed by atoms with E-state index in [1.165, 1.54) is 0 Å². The summed E-state index contributed by atoms with van der Waals surface area (Å²) in [4.78, 5) is 18.8. The van der Waals surface area contributed by atoms with Crippen molar-refractivity contribution in [1.82, 2.24) is 4.90 Å². The van der Waals surface area contributed by atoms with E-state index in [0.29, 0.717) is 13.0 Å². The lowest BCUT2D eigenvalue weighted by Crippen LogP contribution is -2.44. The van der Waals surface area contributed by atoms with E-state index in [9.17, 15) is 4.79 Å². The molecule has 0 spiro atoms. The topological polar surface area (TPSA) is 64.8 Å². The number of nitrogens with two attached hydrogens (primary N) is 1. The zero-order valence-corrected chi connectivity index (χ0v) is 11.2. The Kier molecular flexibility index (Phi) is 4.76.